The summed E-state index contributed by atoms with van der Waals surface area (Å²) in [5, 5.41) is 38.1. The van der Waals surface area contributed by atoms with Crippen LogP contribution in [0.3, 0.4) is 0 Å². The molecule has 0 aliphatic rings. The summed E-state index contributed by atoms with van der Waals surface area (Å²) in [5.41, 5.74) is 11.1. The summed E-state index contributed by atoms with van der Waals surface area (Å²) < 4.78 is 0. The molecule has 0 aromatic rings. The smallest absolute Gasteiger partial charge is 0.326 e. The Morgan fingerprint density at radius 3 is 1.76 bits per heavy atom. The van der Waals surface area contributed by atoms with Crippen molar-refractivity contribution in [3.63, 3.8) is 0 Å². The van der Waals surface area contributed by atoms with Gasteiger partial charge in [0.2, 0.25) is 23.6 Å². The lowest BCUT2D eigenvalue weighted by molar-refractivity contribution is -0.144. The predicted molar refractivity (Wildman–Crippen MR) is 149 cm³/mol. The summed E-state index contributed by atoms with van der Waals surface area (Å²) >= 11 is 0. The minimum Gasteiger partial charge on any atom is -0.481 e. The predicted octanol–water partition coefficient (Wildman–Crippen LogP) is -1.59. The van der Waals surface area contributed by atoms with E-state index in [4.69, 9.17) is 11.5 Å². The zero-order chi connectivity index (χ0) is 31.9. The molecule has 11 N–H and O–H groups in total. The lowest BCUT2D eigenvalue weighted by Gasteiger charge is -2.29. The van der Waals surface area contributed by atoms with Crippen LogP contribution in [0.2, 0.25) is 0 Å². The van der Waals surface area contributed by atoms with Crippen molar-refractivity contribution in [1.29, 1.82) is 0 Å². The van der Waals surface area contributed by atoms with Crippen LogP contribution < -0.4 is 32.7 Å². The third-order valence-electron chi connectivity index (χ3n) is 6.53. The fourth-order valence-corrected chi connectivity index (χ4v) is 3.81. The minimum atomic E-state index is -1.63. The molecule has 15 nitrogen and oxygen atoms in total. The highest BCUT2D eigenvalue weighted by atomic mass is 16.4. The van der Waals surface area contributed by atoms with Gasteiger partial charge in [0.25, 0.3) is 0 Å². The van der Waals surface area contributed by atoms with Crippen molar-refractivity contribution in [2.75, 3.05) is 6.54 Å². The summed E-state index contributed by atoms with van der Waals surface area (Å²) in [6.45, 7) is 8.71. The molecule has 41 heavy (non-hydrogen) atoms. The average molecular weight is 589 g/mol. The number of aliphatic hydroxyl groups excluding tert-OH is 1. The molecule has 0 saturated carbocycles. The number of aliphatic hydroxyl groups is 1. The van der Waals surface area contributed by atoms with E-state index >= 15 is 0 Å². The molecule has 0 unspecified atom stereocenters. The third-order valence-corrected chi connectivity index (χ3v) is 6.53. The van der Waals surface area contributed by atoms with Crippen LogP contribution in [0.5, 0.6) is 0 Å². The molecule has 0 bridgehead atoms. The van der Waals surface area contributed by atoms with Crippen LogP contribution in [-0.4, -0.2) is 93.7 Å². The number of hydrogen-bond donors (Lipinski definition) is 9. The molecule has 0 aliphatic carbocycles. The van der Waals surface area contributed by atoms with Gasteiger partial charge in [-0.3, -0.25) is 24.0 Å². The normalized spacial score (nSPS) is 16.3. The number of aliphatic carboxylic acids is 2. The zero-order valence-electron chi connectivity index (χ0n) is 24.5. The van der Waals surface area contributed by atoms with Gasteiger partial charge in [-0.2, -0.15) is 0 Å². The Balaban J connectivity index is 5.88. The summed E-state index contributed by atoms with van der Waals surface area (Å²) in [4.78, 5) is 74.9. The van der Waals surface area contributed by atoms with Crippen LogP contribution in [0.25, 0.3) is 0 Å². The second kappa shape index (κ2) is 18.9. The Bertz CT molecular complexity index is 899. The van der Waals surface area contributed by atoms with E-state index in [9.17, 15) is 44.1 Å². The molecule has 0 heterocycles. The maximum atomic E-state index is 13.3. The summed E-state index contributed by atoms with van der Waals surface area (Å²) in [6, 6.07) is -6.56. The van der Waals surface area contributed by atoms with Gasteiger partial charge in [0.1, 0.15) is 30.2 Å². The highest BCUT2D eigenvalue weighted by Crippen LogP contribution is 2.12. The Labute approximate surface area is 240 Å². The van der Waals surface area contributed by atoms with Crippen LogP contribution >= 0.6 is 0 Å². The quantitative estimate of drug-likeness (QED) is 0.0732. The van der Waals surface area contributed by atoms with Crippen molar-refractivity contribution in [1.82, 2.24) is 21.3 Å². The van der Waals surface area contributed by atoms with Crippen molar-refractivity contribution in [2.45, 2.75) is 109 Å². The number of amides is 4. The number of unbranched alkanes of at least 4 members (excludes halogenated alkanes) is 1. The van der Waals surface area contributed by atoms with Crippen molar-refractivity contribution in [2.24, 2.45) is 23.3 Å². The highest BCUT2D eigenvalue weighted by Gasteiger charge is 2.34. The zero-order valence-corrected chi connectivity index (χ0v) is 24.5. The molecule has 0 aliphatic heterocycles. The molecular formula is C26H48N6O9. The van der Waals surface area contributed by atoms with Gasteiger partial charge in [-0.25, -0.2) is 4.79 Å². The monoisotopic (exact) mass is 588 g/mol. The largest absolute Gasteiger partial charge is 0.481 e. The maximum Gasteiger partial charge on any atom is 0.326 e. The van der Waals surface area contributed by atoms with E-state index in [1.807, 2.05) is 0 Å². The van der Waals surface area contributed by atoms with Gasteiger partial charge in [0.05, 0.1) is 12.5 Å². The second-order valence-corrected chi connectivity index (χ2v) is 10.7. The first-order valence-electron chi connectivity index (χ1n) is 13.8. The lowest BCUT2D eigenvalue weighted by Crippen LogP contribution is -2.60. The van der Waals surface area contributed by atoms with Gasteiger partial charge < -0.3 is 48.1 Å². The van der Waals surface area contributed by atoms with Gasteiger partial charge in [-0.15, -0.1) is 0 Å². The Morgan fingerprint density at radius 2 is 1.29 bits per heavy atom. The highest BCUT2D eigenvalue weighted by molar-refractivity contribution is 5.96. The van der Waals surface area contributed by atoms with Gasteiger partial charge in [0.15, 0.2) is 0 Å². The lowest BCUT2D eigenvalue weighted by atomic mass is 9.96. The van der Waals surface area contributed by atoms with Crippen molar-refractivity contribution >= 4 is 35.6 Å². The van der Waals surface area contributed by atoms with Crippen molar-refractivity contribution < 1.29 is 44.1 Å². The molecule has 0 aromatic heterocycles. The summed E-state index contributed by atoms with van der Waals surface area (Å²) in [7, 11) is 0. The molecule has 4 amide bonds. The van der Waals surface area contributed by atoms with E-state index in [1.54, 1.807) is 27.7 Å². The molecule has 7 atom stereocenters. The Hall–Kier alpha value is -3.30. The fourth-order valence-electron chi connectivity index (χ4n) is 3.81. The molecule has 0 fully saturated rings. The number of nitrogens with two attached hydrogens (primary N) is 2. The SMILES string of the molecule is CC[C@H](C)[C@H](NC(=O)[C@@H](N)[C@@H](C)O)C(=O)N[C@@H](CC(C)C)C(=O)N[C@@H](CC(=O)O)C(=O)N[C@@H](CCCCN)C(=O)O. The van der Waals surface area contributed by atoms with Crippen molar-refractivity contribution in [3.05, 3.63) is 0 Å². The van der Waals surface area contributed by atoms with E-state index in [-0.39, 0.29) is 24.7 Å². The van der Waals surface area contributed by atoms with Crippen LogP contribution in [0.15, 0.2) is 0 Å². The standard InChI is InChI=1S/C26H48N6O9/c1-6-14(4)21(32-24(38)20(28)15(5)33)25(39)31-17(11-13(2)3)22(36)30-18(12-19(34)35)23(37)29-16(26(40)41)9-7-8-10-27/h13-18,20-21,33H,6-12,27-28H2,1-5H3,(H,29,37)(H,30,36)(H,31,39)(H,32,38)(H,34,35)(H,40,41)/t14-,15+,16-,17-,18-,20-,21-/m0/s1. The average Bonchev–Trinajstić information content (AvgIpc) is 2.88. The van der Waals surface area contributed by atoms with Crippen LogP contribution in [0.4, 0.5) is 0 Å². The summed E-state index contributed by atoms with van der Waals surface area (Å²) in [6.07, 6.45) is -0.452. The molecule has 236 valence electrons. The third kappa shape index (κ3) is 14.2. The van der Waals surface area contributed by atoms with E-state index in [0.29, 0.717) is 25.8 Å². The fraction of sp³-hybridized carbons (Fsp3) is 0.769. The van der Waals surface area contributed by atoms with Crippen molar-refractivity contribution in [3.8, 4) is 0 Å². The number of nitrogens with one attached hydrogen (secondary N) is 4. The minimum absolute atomic E-state index is 0.0550. The van der Waals surface area contributed by atoms with E-state index in [0.717, 1.165) is 0 Å². The first-order chi connectivity index (χ1) is 19.0. The van der Waals surface area contributed by atoms with Crippen LogP contribution in [0.1, 0.15) is 73.1 Å². The number of carboxylic acid groups (broad SMARTS) is 2. The second-order valence-electron chi connectivity index (χ2n) is 10.7. The molecule has 0 saturated heterocycles. The molecule has 0 radical (unpaired) electrons. The summed E-state index contributed by atoms with van der Waals surface area (Å²) in [5.74, 6) is -6.60. The van der Waals surface area contributed by atoms with Gasteiger partial charge in [0, 0.05) is 0 Å². The first-order valence-corrected chi connectivity index (χ1v) is 13.8. The number of hydrogen-bond acceptors (Lipinski definition) is 9. The van der Waals surface area contributed by atoms with E-state index in [1.165, 1.54) is 6.92 Å². The van der Waals surface area contributed by atoms with Gasteiger partial charge >= 0.3 is 11.9 Å². The molecular weight excluding hydrogens is 540 g/mol. The molecule has 0 rings (SSSR count). The molecule has 0 aromatic carbocycles. The number of carbonyl (C=O) groups is 6. The van der Waals surface area contributed by atoms with Gasteiger partial charge in [-0.05, 0) is 51.0 Å². The maximum absolute atomic E-state index is 13.3. The van der Waals surface area contributed by atoms with E-state index < -0.39 is 78.3 Å². The molecule has 0 spiro atoms. The first kappa shape index (κ1) is 37.7. The molecule has 15 heteroatoms. The Morgan fingerprint density at radius 1 is 0.756 bits per heavy atom. The number of carbonyl (C=O) groups excluding carboxylic acids is 4. The number of rotatable bonds is 20. The van der Waals surface area contributed by atoms with E-state index in [2.05, 4.69) is 21.3 Å². The van der Waals surface area contributed by atoms with Crippen LogP contribution in [-0.2, 0) is 28.8 Å². The number of carboxylic acids is 2. The topological polar surface area (TPSA) is 263 Å². The van der Waals surface area contributed by atoms with Crippen LogP contribution in [0, 0.1) is 11.8 Å². The Kier molecular flexibility index (Phi) is 17.4. The van der Waals surface area contributed by atoms with Gasteiger partial charge in [-0.1, -0.05) is 34.1 Å².